The van der Waals surface area contributed by atoms with E-state index in [0.717, 1.165) is 0 Å². The van der Waals surface area contributed by atoms with Crippen LogP contribution in [0.15, 0.2) is 29.3 Å². The number of amides is 3. The van der Waals surface area contributed by atoms with Crippen molar-refractivity contribution in [3.63, 3.8) is 0 Å². The monoisotopic (exact) mass is 300 g/mol. The van der Waals surface area contributed by atoms with Crippen LogP contribution in [0, 0.1) is 0 Å². The molecule has 0 aliphatic rings. The molecule has 0 aliphatic carbocycles. The van der Waals surface area contributed by atoms with Crippen molar-refractivity contribution in [1.29, 1.82) is 0 Å². The molecule has 0 atom stereocenters. The van der Waals surface area contributed by atoms with Gasteiger partial charge in [-0.3, -0.25) is 15.4 Å². The van der Waals surface area contributed by atoms with Gasteiger partial charge in [0.1, 0.15) is 0 Å². The normalized spacial score (nSPS) is 10.9. The van der Waals surface area contributed by atoms with Gasteiger partial charge in [-0.1, -0.05) is 11.6 Å². The van der Waals surface area contributed by atoms with Gasteiger partial charge < -0.3 is 5.73 Å². The second kappa shape index (κ2) is 7.65. The average Bonchev–Trinajstić information content (AvgIpc) is 2.32. The van der Waals surface area contributed by atoms with Crippen LogP contribution in [-0.4, -0.2) is 29.9 Å². The lowest BCUT2D eigenvalue weighted by atomic mass is 10.3. The first-order valence-corrected chi connectivity index (χ1v) is 6.98. The minimum absolute atomic E-state index is 0.114. The van der Waals surface area contributed by atoms with Gasteiger partial charge >= 0.3 is 6.03 Å². The van der Waals surface area contributed by atoms with Crippen molar-refractivity contribution < 1.29 is 9.59 Å². The molecule has 0 aliphatic heterocycles. The highest BCUT2D eigenvalue weighted by Gasteiger charge is 2.07. The van der Waals surface area contributed by atoms with Gasteiger partial charge in [-0.25, -0.2) is 9.79 Å². The number of rotatable bonds is 3. The number of urea groups is 1. The van der Waals surface area contributed by atoms with Crippen molar-refractivity contribution in [1.82, 2.24) is 10.6 Å². The number of nitrogens with zero attached hydrogens (tertiary/aromatic N) is 1. The number of imide groups is 1. The fourth-order valence-corrected chi connectivity index (χ4v) is 1.58. The topological polar surface area (TPSA) is 96.6 Å². The number of guanidine groups is 1. The molecule has 0 saturated heterocycles. The molecular weight excluding hydrogens is 288 g/mol. The molecule has 0 fully saturated rings. The quantitative estimate of drug-likeness (QED) is 0.582. The first kappa shape index (κ1) is 15.3. The Labute approximate surface area is 119 Å². The van der Waals surface area contributed by atoms with E-state index < -0.39 is 11.9 Å². The predicted molar refractivity (Wildman–Crippen MR) is 77.8 cm³/mol. The van der Waals surface area contributed by atoms with Crippen molar-refractivity contribution in [3.05, 3.63) is 29.3 Å². The van der Waals surface area contributed by atoms with Crippen LogP contribution in [-0.2, 0) is 4.79 Å². The lowest BCUT2D eigenvalue weighted by molar-refractivity contribution is -0.117. The molecule has 0 aromatic heterocycles. The minimum Gasteiger partial charge on any atom is -0.369 e. The van der Waals surface area contributed by atoms with E-state index in [1.807, 2.05) is 0 Å². The van der Waals surface area contributed by atoms with E-state index in [4.69, 9.17) is 17.3 Å². The molecule has 0 bridgehead atoms. The van der Waals surface area contributed by atoms with Gasteiger partial charge in [-0.05, 0) is 30.5 Å². The maximum Gasteiger partial charge on any atom is 0.328 e. The van der Waals surface area contributed by atoms with Gasteiger partial charge in [0.15, 0.2) is 0 Å². The third-order valence-electron chi connectivity index (χ3n) is 1.85. The summed E-state index contributed by atoms with van der Waals surface area (Å²) in [6.45, 7) is 0. The summed E-state index contributed by atoms with van der Waals surface area (Å²) < 4.78 is 0. The molecule has 4 N–H and O–H groups in total. The van der Waals surface area contributed by atoms with Crippen LogP contribution in [0.1, 0.15) is 0 Å². The molecule has 0 unspecified atom stereocenters. The van der Waals surface area contributed by atoms with E-state index in [2.05, 4.69) is 15.6 Å². The van der Waals surface area contributed by atoms with Gasteiger partial charge in [-0.2, -0.15) is 11.8 Å². The van der Waals surface area contributed by atoms with Crippen LogP contribution >= 0.6 is 23.4 Å². The van der Waals surface area contributed by atoms with E-state index in [-0.39, 0.29) is 11.7 Å². The summed E-state index contributed by atoms with van der Waals surface area (Å²) in [5.41, 5.74) is 6.06. The molecule has 19 heavy (non-hydrogen) atoms. The fraction of sp³-hybridized carbons (Fsp3) is 0.182. The number of carbonyl (C=O) groups excluding carboxylic acids is 2. The standard InChI is InChI=1S/C11H13ClN4O2S/c1-19-6-9(17)15-11(18)16-10(13)14-8-4-2-7(12)3-5-8/h2-5H,6H2,1H3,(H4,13,14,15,16,17,18). The SMILES string of the molecule is CSCC(=O)NC(=O)NC(N)=Nc1ccc(Cl)cc1. The van der Waals surface area contributed by atoms with Crippen LogP contribution in [0.25, 0.3) is 0 Å². The van der Waals surface area contributed by atoms with Crippen molar-refractivity contribution in [2.24, 2.45) is 10.7 Å². The lowest BCUT2D eigenvalue weighted by Crippen LogP contribution is -2.45. The van der Waals surface area contributed by atoms with Crippen LogP contribution < -0.4 is 16.4 Å². The Morgan fingerprint density at radius 2 is 1.95 bits per heavy atom. The summed E-state index contributed by atoms with van der Waals surface area (Å²) >= 11 is 7.03. The molecule has 1 aromatic carbocycles. The van der Waals surface area contributed by atoms with E-state index in [1.54, 1.807) is 30.5 Å². The molecule has 1 aromatic rings. The number of nitrogens with one attached hydrogen (secondary N) is 2. The van der Waals surface area contributed by atoms with E-state index in [9.17, 15) is 9.59 Å². The van der Waals surface area contributed by atoms with Gasteiger partial charge in [0.2, 0.25) is 11.9 Å². The zero-order valence-electron chi connectivity index (χ0n) is 10.1. The summed E-state index contributed by atoms with van der Waals surface area (Å²) in [6.07, 6.45) is 1.76. The van der Waals surface area contributed by atoms with E-state index in [1.165, 1.54) is 11.8 Å². The number of hydrogen-bond donors (Lipinski definition) is 3. The highest BCUT2D eigenvalue weighted by molar-refractivity contribution is 7.99. The summed E-state index contributed by atoms with van der Waals surface area (Å²) in [5.74, 6) is -0.317. The van der Waals surface area contributed by atoms with Crippen molar-refractivity contribution >= 4 is 46.9 Å². The molecular formula is C11H13ClN4O2S. The fourth-order valence-electron chi connectivity index (χ4n) is 1.12. The number of aliphatic imine (C=N–C) groups is 1. The second-order valence-corrected chi connectivity index (χ2v) is 4.71. The van der Waals surface area contributed by atoms with Crippen molar-refractivity contribution in [3.8, 4) is 0 Å². The van der Waals surface area contributed by atoms with Gasteiger partial charge in [0.25, 0.3) is 0 Å². The Kier molecular flexibility index (Phi) is 6.17. The van der Waals surface area contributed by atoms with Gasteiger partial charge in [-0.15, -0.1) is 0 Å². The highest BCUT2D eigenvalue weighted by atomic mass is 35.5. The second-order valence-electron chi connectivity index (χ2n) is 3.41. The van der Waals surface area contributed by atoms with Crippen LogP contribution in [0.2, 0.25) is 5.02 Å². The number of carbonyl (C=O) groups is 2. The lowest BCUT2D eigenvalue weighted by Gasteiger charge is -2.05. The molecule has 3 amide bonds. The smallest absolute Gasteiger partial charge is 0.328 e. The summed E-state index contributed by atoms with van der Waals surface area (Å²) in [5, 5.41) is 4.94. The number of thioether (sulfide) groups is 1. The summed E-state index contributed by atoms with van der Waals surface area (Å²) in [4.78, 5) is 26.4. The summed E-state index contributed by atoms with van der Waals surface area (Å²) in [7, 11) is 0. The zero-order valence-corrected chi connectivity index (χ0v) is 11.7. The molecule has 6 nitrogen and oxygen atoms in total. The Hall–Kier alpha value is -1.73. The zero-order chi connectivity index (χ0) is 14.3. The van der Waals surface area contributed by atoms with Crippen LogP contribution in [0.3, 0.4) is 0 Å². The van der Waals surface area contributed by atoms with E-state index >= 15 is 0 Å². The minimum atomic E-state index is -0.714. The third kappa shape index (κ3) is 6.12. The predicted octanol–water partition coefficient (Wildman–Crippen LogP) is 1.48. The summed E-state index contributed by atoms with van der Waals surface area (Å²) in [6, 6.07) is 5.88. The highest BCUT2D eigenvalue weighted by Crippen LogP contribution is 2.15. The molecule has 1 rings (SSSR count). The molecule has 0 spiro atoms. The average molecular weight is 301 g/mol. The van der Waals surface area contributed by atoms with Gasteiger partial charge in [0, 0.05) is 5.02 Å². The third-order valence-corrected chi connectivity index (χ3v) is 2.65. The Balaban J connectivity index is 2.54. The number of nitrogens with two attached hydrogens (primary N) is 1. The van der Waals surface area contributed by atoms with Crippen molar-refractivity contribution in [2.45, 2.75) is 0 Å². The van der Waals surface area contributed by atoms with Crippen LogP contribution in [0.5, 0.6) is 0 Å². The Morgan fingerprint density at radius 3 is 2.53 bits per heavy atom. The molecule has 8 heteroatoms. The number of benzene rings is 1. The molecule has 102 valence electrons. The van der Waals surface area contributed by atoms with Gasteiger partial charge in [0.05, 0.1) is 11.4 Å². The first-order chi connectivity index (χ1) is 9.01. The van der Waals surface area contributed by atoms with E-state index in [0.29, 0.717) is 10.7 Å². The van der Waals surface area contributed by atoms with Crippen LogP contribution in [0.4, 0.5) is 10.5 Å². The number of halogens is 1. The first-order valence-electron chi connectivity index (χ1n) is 5.20. The largest absolute Gasteiger partial charge is 0.369 e. The number of hydrogen-bond acceptors (Lipinski definition) is 4. The maximum atomic E-state index is 11.3. The molecule has 0 saturated carbocycles. The maximum absolute atomic E-state index is 11.3. The Bertz CT molecular complexity index is 490. The van der Waals surface area contributed by atoms with Crippen molar-refractivity contribution in [2.75, 3.05) is 12.0 Å². The molecule has 0 heterocycles. The Morgan fingerprint density at radius 1 is 1.32 bits per heavy atom. The molecule has 0 radical (unpaired) electrons.